The molecule has 45 heavy (non-hydrogen) atoms. The number of nitrogens with two attached hydrogens (primary N) is 1. The average Bonchev–Trinajstić information content (AvgIpc) is 3.01. The maximum Gasteiger partial charge on any atom is 0.315 e. The Morgan fingerprint density at radius 1 is 0.756 bits per heavy atom. The Kier molecular flexibility index (Phi) is 21.2. The maximum absolute atomic E-state index is 11.8. The number of nitrogens with one attached hydrogen (secondary N) is 2. The summed E-state index contributed by atoms with van der Waals surface area (Å²) in [6, 6.07) is 6.20. The van der Waals surface area contributed by atoms with E-state index in [0.717, 1.165) is 0 Å². The summed E-state index contributed by atoms with van der Waals surface area (Å²) in [6.45, 7) is 2.17. The number of nitrogen functional groups attached to an aromatic ring is 1. The molecule has 0 saturated heterocycles. The zero-order chi connectivity index (χ0) is 34.0. The lowest BCUT2D eigenvalue weighted by Gasteiger charge is -2.06. The van der Waals surface area contributed by atoms with Crippen molar-refractivity contribution in [1.29, 1.82) is 0 Å². The van der Waals surface area contributed by atoms with Gasteiger partial charge in [0.05, 0.1) is 18.6 Å². The fraction of sp³-hybridized carbons (Fsp3) is 0.321. The Hall–Kier alpha value is -5.39. The van der Waals surface area contributed by atoms with Gasteiger partial charge in [0.25, 0.3) is 11.8 Å². The highest BCUT2D eigenvalue weighted by Crippen LogP contribution is 2.00. The molecule has 0 unspecified atom stereocenters. The van der Waals surface area contributed by atoms with Gasteiger partial charge < -0.3 is 14.2 Å². The van der Waals surface area contributed by atoms with Gasteiger partial charge in [-0.2, -0.15) is 9.84 Å². The topological polar surface area (TPSA) is 245 Å². The van der Waals surface area contributed by atoms with Gasteiger partial charge in [-0.3, -0.25) is 49.0 Å². The third kappa shape index (κ3) is 21.0. The minimum Gasteiger partial charge on any atom is -0.438 e. The molecule has 0 aromatic carbocycles. The van der Waals surface area contributed by atoms with E-state index in [4.69, 9.17) is 10.6 Å². The predicted octanol–water partition coefficient (Wildman–Crippen LogP) is 0.602. The Bertz CT molecular complexity index is 1290. The molecule has 17 nitrogen and oxygen atoms in total. The first-order valence-corrected chi connectivity index (χ1v) is 12.8. The van der Waals surface area contributed by atoms with Gasteiger partial charge in [-0.25, -0.2) is 11.3 Å². The van der Waals surface area contributed by atoms with Crippen LogP contribution < -0.4 is 16.7 Å². The highest BCUT2D eigenvalue weighted by molar-refractivity contribution is 6.08. The number of hydrogen-bond acceptors (Lipinski definition) is 15. The van der Waals surface area contributed by atoms with Gasteiger partial charge in [-0.05, 0) is 38.1 Å². The Morgan fingerprint density at radius 3 is 1.71 bits per heavy atom. The minimum atomic E-state index is -0.713. The van der Waals surface area contributed by atoms with E-state index in [1.54, 1.807) is 12.1 Å². The van der Waals surface area contributed by atoms with Gasteiger partial charge in [-0.15, -0.1) is 0 Å². The Balaban J connectivity index is 0.000000712. The summed E-state index contributed by atoms with van der Waals surface area (Å²) in [4.78, 5) is 84.8. The SMILES string of the molecule is COCOC(=O)CC(CC(C)=O)=NNC(=O)c1ccncc1.NNC(=O)c1ccncc1.[CH2+]OCOC(=O)CC(=O)CC(C)=O. The Labute approximate surface area is 258 Å². The quantitative estimate of drug-likeness (QED) is 0.0356. The number of carbonyl (C=O) groups excluding carboxylic acids is 7. The van der Waals surface area contributed by atoms with Crippen LogP contribution in [0.5, 0.6) is 0 Å². The van der Waals surface area contributed by atoms with Crippen LogP contribution in [0.3, 0.4) is 0 Å². The van der Waals surface area contributed by atoms with Crippen LogP contribution in [-0.4, -0.2) is 77.5 Å². The number of hydrazone groups is 1. The van der Waals surface area contributed by atoms with Crippen molar-refractivity contribution in [2.45, 2.75) is 39.5 Å². The highest BCUT2D eigenvalue weighted by Gasteiger charge is 2.13. The number of amides is 2. The predicted molar refractivity (Wildman–Crippen MR) is 155 cm³/mol. The summed E-state index contributed by atoms with van der Waals surface area (Å²) in [5, 5.41) is 3.82. The third-order valence-corrected chi connectivity index (χ3v) is 4.56. The molecule has 242 valence electrons. The lowest BCUT2D eigenvalue weighted by molar-refractivity contribution is -0.154. The second-order valence-corrected chi connectivity index (χ2v) is 8.48. The number of hydrazine groups is 1. The molecule has 0 radical (unpaired) electrons. The van der Waals surface area contributed by atoms with Crippen molar-refractivity contribution in [3.05, 3.63) is 67.3 Å². The maximum atomic E-state index is 11.8. The van der Waals surface area contributed by atoms with Gasteiger partial charge in [0.1, 0.15) is 18.0 Å². The second kappa shape index (κ2) is 24.1. The fourth-order valence-corrected chi connectivity index (χ4v) is 2.72. The standard InChI is InChI=1S/C14H17N3O5.C8H11O5.C6H7N3O/c1-10(18)7-12(8-13(19)22-9-21-2)16-17-14(20)11-3-5-15-6-4-11;1-6(9)3-7(10)4-8(11)13-5-12-2;7-9-6(10)5-1-3-8-4-2-5/h3-6H,7-9H2,1-2H3,(H,17,20);2-5H2,1H3;1-4H,7H2,(H,9,10)/q;+1;. The molecule has 0 aliphatic carbocycles. The molecule has 0 bridgehead atoms. The molecule has 2 aromatic heterocycles. The van der Waals surface area contributed by atoms with Gasteiger partial charge in [0.15, 0.2) is 12.6 Å². The molecular weight excluding hydrogens is 596 g/mol. The zero-order valence-electron chi connectivity index (χ0n) is 25.0. The molecule has 17 heteroatoms. The van der Waals surface area contributed by atoms with Crippen molar-refractivity contribution in [1.82, 2.24) is 20.8 Å². The molecule has 0 aliphatic rings. The zero-order valence-corrected chi connectivity index (χ0v) is 25.0. The van der Waals surface area contributed by atoms with E-state index < -0.39 is 30.0 Å². The summed E-state index contributed by atoms with van der Waals surface area (Å²) in [5.41, 5.74) is 5.39. The van der Waals surface area contributed by atoms with Gasteiger partial charge in [-0.1, -0.05) is 0 Å². The number of pyridine rings is 2. The van der Waals surface area contributed by atoms with E-state index in [2.05, 4.69) is 41.8 Å². The van der Waals surface area contributed by atoms with E-state index >= 15 is 0 Å². The molecule has 2 rings (SSSR count). The third-order valence-electron chi connectivity index (χ3n) is 4.56. The van der Waals surface area contributed by atoms with Crippen LogP contribution in [0, 0.1) is 7.11 Å². The number of esters is 2. The van der Waals surface area contributed by atoms with Crippen molar-refractivity contribution < 1.29 is 52.5 Å². The smallest absolute Gasteiger partial charge is 0.315 e. The van der Waals surface area contributed by atoms with E-state index in [1.807, 2.05) is 5.43 Å². The first kappa shape index (κ1) is 39.6. The second-order valence-electron chi connectivity index (χ2n) is 8.48. The van der Waals surface area contributed by atoms with E-state index in [0.29, 0.717) is 11.1 Å². The summed E-state index contributed by atoms with van der Waals surface area (Å²) in [6.07, 6.45) is 5.10. The summed E-state index contributed by atoms with van der Waals surface area (Å²) >= 11 is 0. The molecule has 0 fully saturated rings. The van der Waals surface area contributed by atoms with Crippen LogP contribution in [0.2, 0.25) is 0 Å². The van der Waals surface area contributed by atoms with Crippen LogP contribution in [-0.2, 0) is 42.9 Å². The molecule has 4 N–H and O–H groups in total. The number of aromatic nitrogens is 2. The van der Waals surface area contributed by atoms with Crippen molar-refractivity contribution in [3.8, 4) is 0 Å². The molecule has 2 amide bonds. The summed E-state index contributed by atoms with van der Waals surface area (Å²) in [7, 11) is 4.35. The number of ketones is 3. The fourth-order valence-electron chi connectivity index (χ4n) is 2.72. The first-order chi connectivity index (χ1) is 21.4. The molecule has 2 heterocycles. The van der Waals surface area contributed by atoms with Crippen LogP contribution in [0.4, 0.5) is 0 Å². The molecule has 2 aromatic rings. The van der Waals surface area contributed by atoms with Crippen molar-refractivity contribution in [3.63, 3.8) is 0 Å². The van der Waals surface area contributed by atoms with E-state index in [1.165, 1.54) is 57.9 Å². The van der Waals surface area contributed by atoms with Crippen molar-refractivity contribution in [2.24, 2.45) is 10.9 Å². The number of carbonyl (C=O) groups is 7. The summed E-state index contributed by atoms with van der Waals surface area (Å²) in [5.74, 6) is 1.89. The molecule has 0 atom stereocenters. The van der Waals surface area contributed by atoms with Crippen LogP contribution in [0.1, 0.15) is 60.2 Å². The van der Waals surface area contributed by atoms with Crippen LogP contribution >= 0.6 is 0 Å². The van der Waals surface area contributed by atoms with E-state index in [9.17, 15) is 33.6 Å². The molecule has 0 spiro atoms. The highest BCUT2D eigenvalue weighted by atomic mass is 16.7. The molecule has 0 saturated carbocycles. The Morgan fingerprint density at radius 2 is 1.24 bits per heavy atom. The number of nitrogens with zero attached hydrogens (tertiary/aromatic N) is 3. The number of methoxy groups -OCH3 is 1. The van der Waals surface area contributed by atoms with Crippen LogP contribution in [0.25, 0.3) is 0 Å². The minimum absolute atomic E-state index is 0.0568. The molecular formula is C28H35N6O11+. The lowest BCUT2D eigenvalue weighted by atomic mass is 10.1. The summed E-state index contributed by atoms with van der Waals surface area (Å²) < 4.78 is 17.9. The number of rotatable bonds is 15. The molecule has 0 aliphatic heterocycles. The largest absolute Gasteiger partial charge is 0.438 e. The van der Waals surface area contributed by atoms with Crippen molar-refractivity contribution >= 4 is 46.8 Å². The number of Topliss-reactive ketones (excluding diaryl/α,β-unsaturated/α-hetero) is 3. The van der Waals surface area contributed by atoms with E-state index in [-0.39, 0.29) is 56.0 Å². The van der Waals surface area contributed by atoms with Gasteiger partial charge in [0, 0.05) is 49.4 Å². The monoisotopic (exact) mass is 631 g/mol. The average molecular weight is 632 g/mol. The van der Waals surface area contributed by atoms with Gasteiger partial charge in [0.2, 0.25) is 13.9 Å². The lowest BCUT2D eigenvalue weighted by Crippen LogP contribution is -2.29. The van der Waals surface area contributed by atoms with Crippen molar-refractivity contribution in [2.75, 3.05) is 20.7 Å². The first-order valence-electron chi connectivity index (χ1n) is 12.8. The van der Waals surface area contributed by atoms with Crippen LogP contribution in [0.15, 0.2) is 54.2 Å². The number of ether oxygens (including phenoxy) is 4. The normalized spacial score (nSPS) is 10.0. The van der Waals surface area contributed by atoms with Gasteiger partial charge >= 0.3 is 11.9 Å². The number of hydrogen-bond donors (Lipinski definition) is 3.